The lowest BCUT2D eigenvalue weighted by Crippen LogP contribution is -2.50. The standard InChI is InChI=1S/C20H23ClN2O2/c1-15-6-5-7-16(2)20(15)23-12-10-22(11-13-23)19(24)14-25-18-9-4-3-8-17(18)21/h3-9H,10-14H2,1-2H3. The van der Waals surface area contributed by atoms with Crippen molar-refractivity contribution in [2.24, 2.45) is 0 Å². The Kier molecular flexibility index (Phi) is 5.49. The number of hydrogen-bond donors (Lipinski definition) is 0. The van der Waals surface area contributed by atoms with Gasteiger partial charge in [0.15, 0.2) is 6.61 Å². The molecule has 0 aromatic heterocycles. The van der Waals surface area contributed by atoms with Crippen molar-refractivity contribution in [3.8, 4) is 5.75 Å². The molecule has 0 bridgehead atoms. The first-order chi connectivity index (χ1) is 12.1. The van der Waals surface area contributed by atoms with Crippen molar-refractivity contribution in [2.45, 2.75) is 13.8 Å². The van der Waals surface area contributed by atoms with Crippen LogP contribution in [0.25, 0.3) is 0 Å². The Bertz CT molecular complexity index is 735. The number of benzene rings is 2. The van der Waals surface area contributed by atoms with Crippen LogP contribution in [-0.4, -0.2) is 43.6 Å². The van der Waals surface area contributed by atoms with Crippen molar-refractivity contribution in [3.05, 3.63) is 58.6 Å². The van der Waals surface area contributed by atoms with E-state index in [0.29, 0.717) is 23.9 Å². The van der Waals surface area contributed by atoms with E-state index in [2.05, 4.69) is 36.9 Å². The van der Waals surface area contributed by atoms with Crippen LogP contribution >= 0.6 is 11.6 Å². The maximum Gasteiger partial charge on any atom is 0.260 e. The first kappa shape index (κ1) is 17.6. The third-order valence-electron chi connectivity index (χ3n) is 4.58. The van der Waals surface area contributed by atoms with Gasteiger partial charge in [-0.1, -0.05) is 41.9 Å². The summed E-state index contributed by atoms with van der Waals surface area (Å²) in [5.41, 5.74) is 3.85. The number of carbonyl (C=O) groups excluding carboxylic acids is 1. The molecule has 5 heteroatoms. The minimum atomic E-state index is 0.000996. The molecule has 1 aliphatic heterocycles. The fourth-order valence-electron chi connectivity index (χ4n) is 3.28. The van der Waals surface area contributed by atoms with Crippen LogP contribution in [0.2, 0.25) is 5.02 Å². The summed E-state index contributed by atoms with van der Waals surface area (Å²) in [4.78, 5) is 16.6. The van der Waals surface area contributed by atoms with Crippen LogP contribution in [0.5, 0.6) is 5.75 Å². The largest absolute Gasteiger partial charge is 0.482 e. The quantitative estimate of drug-likeness (QED) is 0.835. The van der Waals surface area contributed by atoms with Crippen LogP contribution in [0.3, 0.4) is 0 Å². The van der Waals surface area contributed by atoms with Gasteiger partial charge >= 0.3 is 0 Å². The van der Waals surface area contributed by atoms with Gasteiger partial charge in [-0.3, -0.25) is 4.79 Å². The Morgan fingerprint density at radius 3 is 2.28 bits per heavy atom. The minimum Gasteiger partial charge on any atom is -0.482 e. The Hall–Kier alpha value is -2.20. The molecule has 1 aliphatic rings. The summed E-state index contributed by atoms with van der Waals surface area (Å²) in [5.74, 6) is 0.549. The van der Waals surface area contributed by atoms with Crippen LogP contribution in [0.1, 0.15) is 11.1 Å². The molecular weight excluding hydrogens is 336 g/mol. The van der Waals surface area contributed by atoms with Gasteiger partial charge in [-0.05, 0) is 37.1 Å². The van der Waals surface area contributed by atoms with Gasteiger partial charge in [-0.25, -0.2) is 0 Å². The molecule has 0 radical (unpaired) electrons. The number of amides is 1. The van der Waals surface area contributed by atoms with Gasteiger partial charge in [0.2, 0.25) is 0 Å². The van der Waals surface area contributed by atoms with E-state index in [4.69, 9.17) is 16.3 Å². The summed E-state index contributed by atoms with van der Waals surface area (Å²) in [7, 11) is 0. The van der Waals surface area contributed by atoms with E-state index in [0.717, 1.165) is 13.1 Å². The maximum absolute atomic E-state index is 12.4. The topological polar surface area (TPSA) is 32.8 Å². The van der Waals surface area contributed by atoms with Crippen LogP contribution < -0.4 is 9.64 Å². The van der Waals surface area contributed by atoms with Crippen molar-refractivity contribution in [1.29, 1.82) is 0 Å². The summed E-state index contributed by atoms with van der Waals surface area (Å²) < 4.78 is 5.56. The summed E-state index contributed by atoms with van der Waals surface area (Å²) >= 11 is 6.05. The van der Waals surface area contributed by atoms with Gasteiger partial charge in [0.1, 0.15) is 5.75 Å². The van der Waals surface area contributed by atoms with Crippen LogP contribution in [0, 0.1) is 13.8 Å². The third kappa shape index (κ3) is 4.07. The van der Waals surface area contributed by atoms with Crippen molar-refractivity contribution in [2.75, 3.05) is 37.7 Å². The highest BCUT2D eigenvalue weighted by Gasteiger charge is 2.23. The van der Waals surface area contributed by atoms with Gasteiger partial charge in [-0.15, -0.1) is 0 Å². The molecule has 1 saturated heterocycles. The Morgan fingerprint density at radius 2 is 1.64 bits per heavy atom. The van der Waals surface area contributed by atoms with Crippen LogP contribution in [0.15, 0.2) is 42.5 Å². The molecule has 2 aromatic carbocycles. The summed E-state index contributed by atoms with van der Waals surface area (Å²) in [5, 5.41) is 0.523. The molecule has 0 unspecified atom stereocenters. The maximum atomic E-state index is 12.4. The number of hydrogen-bond acceptors (Lipinski definition) is 3. The van der Waals surface area contributed by atoms with E-state index in [9.17, 15) is 4.79 Å². The highest BCUT2D eigenvalue weighted by molar-refractivity contribution is 6.32. The SMILES string of the molecule is Cc1cccc(C)c1N1CCN(C(=O)COc2ccccc2Cl)CC1. The number of para-hydroxylation sites is 2. The predicted molar refractivity (Wildman–Crippen MR) is 102 cm³/mol. The molecule has 0 N–H and O–H groups in total. The van der Waals surface area contributed by atoms with Gasteiger partial charge in [0, 0.05) is 31.9 Å². The number of anilines is 1. The molecule has 25 heavy (non-hydrogen) atoms. The van der Waals surface area contributed by atoms with Crippen molar-refractivity contribution in [3.63, 3.8) is 0 Å². The second-order valence-corrected chi connectivity index (χ2v) is 6.73. The number of ether oxygens (including phenoxy) is 1. The minimum absolute atomic E-state index is 0.000996. The van der Waals surface area contributed by atoms with E-state index < -0.39 is 0 Å². The van der Waals surface area contributed by atoms with Gasteiger partial charge < -0.3 is 14.5 Å². The Morgan fingerprint density at radius 1 is 1.00 bits per heavy atom. The number of rotatable bonds is 4. The fourth-order valence-corrected chi connectivity index (χ4v) is 3.47. The normalized spacial score (nSPS) is 14.5. The lowest BCUT2D eigenvalue weighted by Gasteiger charge is -2.37. The van der Waals surface area contributed by atoms with Crippen molar-refractivity contribution >= 4 is 23.2 Å². The Labute approximate surface area is 154 Å². The molecule has 0 aliphatic carbocycles. The molecule has 1 amide bonds. The van der Waals surface area contributed by atoms with Crippen LogP contribution in [0.4, 0.5) is 5.69 Å². The molecule has 2 aromatic rings. The monoisotopic (exact) mass is 358 g/mol. The zero-order valence-electron chi connectivity index (χ0n) is 14.7. The average Bonchev–Trinajstić information content (AvgIpc) is 2.61. The highest BCUT2D eigenvalue weighted by atomic mass is 35.5. The molecule has 0 spiro atoms. The lowest BCUT2D eigenvalue weighted by atomic mass is 10.1. The average molecular weight is 359 g/mol. The number of piperazine rings is 1. The third-order valence-corrected chi connectivity index (χ3v) is 4.89. The predicted octanol–water partition coefficient (Wildman–Crippen LogP) is 3.68. The zero-order valence-corrected chi connectivity index (χ0v) is 15.4. The molecular formula is C20H23ClN2O2. The molecule has 1 heterocycles. The fraction of sp³-hybridized carbons (Fsp3) is 0.350. The van der Waals surface area contributed by atoms with Crippen LogP contribution in [-0.2, 0) is 4.79 Å². The first-order valence-corrected chi connectivity index (χ1v) is 8.90. The summed E-state index contributed by atoms with van der Waals surface area (Å²) in [6.07, 6.45) is 0. The number of nitrogens with zero attached hydrogens (tertiary/aromatic N) is 2. The first-order valence-electron chi connectivity index (χ1n) is 8.52. The second kappa shape index (κ2) is 7.79. The Balaban J connectivity index is 1.55. The van der Waals surface area contributed by atoms with E-state index in [1.807, 2.05) is 17.0 Å². The molecule has 3 rings (SSSR count). The van der Waals surface area contributed by atoms with Gasteiger partial charge in [-0.2, -0.15) is 0 Å². The lowest BCUT2D eigenvalue weighted by molar-refractivity contribution is -0.133. The van der Waals surface area contributed by atoms with E-state index >= 15 is 0 Å². The molecule has 0 atom stereocenters. The summed E-state index contributed by atoms with van der Waals surface area (Å²) in [6, 6.07) is 13.6. The van der Waals surface area contributed by atoms with Crippen molar-refractivity contribution in [1.82, 2.24) is 4.90 Å². The number of aryl methyl sites for hydroxylation is 2. The molecule has 0 saturated carbocycles. The van der Waals surface area contributed by atoms with E-state index in [-0.39, 0.29) is 12.5 Å². The number of halogens is 1. The van der Waals surface area contributed by atoms with Gasteiger partial charge in [0.05, 0.1) is 5.02 Å². The van der Waals surface area contributed by atoms with Gasteiger partial charge in [0.25, 0.3) is 5.91 Å². The molecule has 4 nitrogen and oxygen atoms in total. The highest BCUT2D eigenvalue weighted by Crippen LogP contribution is 2.26. The second-order valence-electron chi connectivity index (χ2n) is 6.33. The molecule has 132 valence electrons. The van der Waals surface area contributed by atoms with E-state index in [1.54, 1.807) is 12.1 Å². The smallest absolute Gasteiger partial charge is 0.260 e. The summed E-state index contributed by atoms with van der Waals surface area (Å²) in [6.45, 7) is 7.38. The number of carbonyl (C=O) groups is 1. The zero-order chi connectivity index (χ0) is 17.8. The van der Waals surface area contributed by atoms with Crippen molar-refractivity contribution < 1.29 is 9.53 Å². The van der Waals surface area contributed by atoms with E-state index in [1.165, 1.54) is 16.8 Å². The molecule has 1 fully saturated rings.